The molecule has 3 heteroatoms. The highest BCUT2D eigenvalue weighted by Crippen LogP contribution is 2.36. The Morgan fingerprint density at radius 1 is 0.920 bits per heavy atom. The quantitative estimate of drug-likeness (QED) is 0.527. The highest BCUT2D eigenvalue weighted by atomic mass is 35.5. The minimum absolute atomic E-state index is 0.525. The van der Waals surface area contributed by atoms with E-state index < -0.39 is 0 Å². The first-order valence-electron chi connectivity index (χ1n) is 9.09. The van der Waals surface area contributed by atoms with Gasteiger partial charge in [-0.3, -0.25) is 0 Å². The van der Waals surface area contributed by atoms with Crippen LogP contribution in [0.15, 0.2) is 59.0 Å². The number of nitrogens with zero attached hydrogens (tertiary/aromatic N) is 1. The fourth-order valence-corrected chi connectivity index (χ4v) is 3.81. The molecule has 0 radical (unpaired) electrons. The third kappa shape index (κ3) is 3.80. The second-order valence-corrected chi connectivity index (χ2v) is 7.27. The molecule has 0 unspecified atom stereocenters. The number of benzene rings is 2. The summed E-state index contributed by atoms with van der Waals surface area (Å²) in [5.74, 6) is 2.25. The maximum Gasteiger partial charge on any atom is 0.226 e. The molecule has 1 fully saturated rings. The molecule has 0 spiro atoms. The van der Waals surface area contributed by atoms with Gasteiger partial charge >= 0.3 is 0 Å². The van der Waals surface area contributed by atoms with Crippen molar-refractivity contribution >= 4 is 11.6 Å². The van der Waals surface area contributed by atoms with E-state index in [1.807, 2.05) is 30.3 Å². The molecular formula is C22H22ClNO. The molecule has 0 saturated heterocycles. The first-order chi connectivity index (χ1) is 12.3. The zero-order valence-corrected chi connectivity index (χ0v) is 15.0. The van der Waals surface area contributed by atoms with Crippen LogP contribution in [0, 0.1) is 0 Å². The van der Waals surface area contributed by atoms with Gasteiger partial charge < -0.3 is 4.42 Å². The van der Waals surface area contributed by atoms with E-state index in [9.17, 15) is 0 Å². The van der Waals surface area contributed by atoms with Crippen molar-refractivity contribution in [1.82, 2.24) is 4.98 Å². The molecule has 1 aliphatic rings. The SMILES string of the molecule is Clc1ccc(-c2nc(C3CCCCC3)c(Cc3ccccc3)o2)cc1. The Hall–Kier alpha value is -2.06. The van der Waals surface area contributed by atoms with Crippen LogP contribution in [0.5, 0.6) is 0 Å². The Bertz CT molecular complexity index is 817. The second kappa shape index (κ2) is 7.45. The van der Waals surface area contributed by atoms with Crippen molar-refractivity contribution in [1.29, 1.82) is 0 Å². The van der Waals surface area contributed by atoms with E-state index in [0.717, 1.165) is 28.5 Å². The van der Waals surface area contributed by atoms with Crippen LogP contribution in [0.3, 0.4) is 0 Å². The van der Waals surface area contributed by atoms with Crippen LogP contribution in [0.25, 0.3) is 11.5 Å². The normalized spacial score (nSPS) is 15.4. The monoisotopic (exact) mass is 351 g/mol. The van der Waals surface area contributed by atoms with Crippen molar-refractivity contribution < 1.29 is 4.42 Å². The summed E-state index contributed by atoms with van der Waals surface area (Å²) in [5.41, 5.74) is 3.41. The summed E-state index contributed by atoms with van der Waals surface area (Å²) >= 11 is 6.01. The van der Waals surface area contributed by atoms with Crippen LogP contribution in [-0.2, 0) is 6.42 Å². The Labute approximate surface area is 153 Å². The zero-order chi connectivity index (χ0) is 17.1. The Morgan fingerprint density at radius 2 is 1.64 bits per heavy atom. The topological polar surface area (TPSA) is 26.0 Å². The van der Waals surface area contributed by atoms with Crippen molar-refractivity contribution in [3.05, 3.63) is 76.6 Å². The molecule has 25 heavy (non-hydrogen) atoms. The van der Waals surface area contributed by atoms with Crippen molar-refractivity contribution in [2.24, 2.45) is 0 Å². The number of aromatic nitrogens is 1. The highest BCUT2D eigenvalue weighted by molar-refractivity contribution is 6.30. The van der Waals surface area contributed by atoms with Gasteiger partial charge in [0.15, 0.2) is 0 Å². The first-order valence-corrected chi connectivity index (χ1v) is 9.47. The number of halogens is 1. The number of rotatable bonds is 4. The molecule has 2 nitrogen and oxygen atoms in total. The molecule has 1 heterocycles. The lowest BCUT2D eigenvalue weighted by atomic mass is 9.86. The predicted molar refractivity (Wildman–Crippen MR) is 102 cm³/mol. The van der Waals surface area contributed by atoms with Crippen LogP contribution < -0.4 is 0 Å². The minimum Gasteiger partial charge on any atom is -0.441 e. The zero-order valence-electron chi connectivity index (χ0n) is 14.2. The number of hydrogen-bond acceptors (Lipinski definition) is 2. The first kappa shape index (κ1) is 16.4. The van der Waals surface area contributed by atoms with E-state index in [1.165, 1.54) is 37.7 Å². The third-order valence-electron chi connectivity index (χ3n) is 5.02. The summed E-state index contributed by atoms with van der Waals surface area (Å²) < 4.78 is 6.24. The molecule has 0 amide bonds. The lowest BCUT2D eigenvalue weighted by molar-refractivity contribution is 0.429. The minimum atomic E-state index is 0.525. The fraction of sp³-hybridized carbons (Fsp3) is 0.318. The van der Waals surface area contributed by atoms with Gasteiger partial charge in [-0.25, -0.2) is 4.98 Å². The van der Waals surface area contributed by atoms with E-state index in [2.05, 4.69) is 24.3 Å². The van der Waals surface area contributed by atoms with Gasteiger partial charge in [0, 0.05) is 22.9 Å². The second-order valence-electron chi connectivity index (χ2n) is 6.83. The van der Waals surface area contributed by atoms with Gasteiger partial charge in [-0.1, -0.05) is 61.2 Å². The maximum atomic E-state index is 6.24. The van der Waals surface area contributed by atoms with Gasteiger partial charge in [-0.15, -0.1) is 0 Å². The maximum absolute atomic E-state index is 6.24. The average Bonchev–Trinajstić information content (AvgIpc) is 3.08. The van der Waals surface area contributed by atoms with Crippen molar-refractivity contribution in [2.45, 2.75) is 44.4 Å². The molecule has 3 aromatic rings. The van der Waals surface area contributed by atoms with E-state index in [0.29, 0.717) is 11.8 Å². The van der Waals surface area contributed by atoms with Crippen LogP contribution >= 0.6 is 11.6 Å². The van der Waals surface area contributed by atoms with Crippen molar-refractivity contribution in [3.8, 4) is 11.5 Å². The summed E-state index contributed by atoms with van der Waals surface area (Å²) in [6.45, 7) is 0. The van der Waals surface area contributed by atoms with E-state index in [4.69, 9.17) is 21.0 Å². The summed E-state index contributed by atoms with van der Waals surface area (Å²) in [6.07, 6.45) is 7.15. The molecule has 128 valence electrons. The molecule has 1 aromatic heterocycles. The van der Waals surface area contributed by atoms with Gasteiger partial charge in [0.05, 0.1) is 5.69 Å². The van der Waals surface area contributed by atoms with Crippen LogP contribution in [-0.4, -0.2) is 4.98 Å². The van der Waals surface area contributed by atoms with E-state index in [-0.39, 0.29) is 0 Å². The van der Waals surface area contributed by atoms with Crippen LogP contribution in [0.2, 0.25) is 5.02 Å². The Kier molecular flexibility index (Phi) is 4.89. The van der Waals surface area contributed by atoms with Crippen molar-refractivity contribution in [3.63, 3.8) is 0 Å². The van der Waals surface area contributed by atoms with Gasteiger partial charge in [0.2, 0.25) is 5.89 Å². The largest absolute Gasteiger partial charge is 0.441 e. The molecule has 1 aliphatic carbocycles. The lowest BCUT2D eigenvalue weighted by Crippen LogP contribution is -2.07. The van der Waals surface area contributed by atoms with E-state index in [1.54, 1.807) is 0 Å². The van der Waals surface area contributed by atoms with Gasteiger partial charge in [0.25, 0.3) is 0 Å². The summed E-state index contributed by atoms with van der Waals surface area (Å²) in [7, 11) is 0. The fourth-order valence-electron chi connectivity index (χ4n) is 3.68. The summed E-state index contributed by atoms with van der Waals surface area (Å²) in [5, 5.41) is 0.729. The number of oxazole rings is 1. The predicted octanol–water partition coefficient (Wildman–Crippen LogP) is 6.63. The van der Waals surface area contributed by atoms with Crippen LogP contribution in [0.1, 0.15) is 55.0 Å². The highest BCUT2D eigenvalue weighted by Gasteiger charge is 2.24. The molecule has 0 bridgehead atoms. The van der Waals surface area contributed by atoms with E-state index >= 15 is 0 Å². The van der Waals surface area contributed by atoms with Gasteiger partial charge in [-0.2, -0.15) is 0 Å². The molecule has 0 atom stereocenters. The molecular weight excluding hydrogens is 330 g/mol. The van der Waals surface area contributed by atoms with Crippen molar-refractivity contribution in [2.75, 3.05) is 0 Å². The van der Waals surface area contributed by atoms with Crippen LogP contribution in [0.4, 0.5) is 0 Å². The molecule has 2 aromatic carbocycles. The molecule has 0 aliphatic heterocycles. The smallest absolute Gasteiger partial charge is 0.226 e. The summed E-state index contributed by atoms with van der Waals surface area (Å²) in [6, 6.07) is 18.2. The average molecular weight is 352 g/mol. The molecule has 4 rings (SSSR count). The van der Waals surface area contributed by atoms with Gasteiger partial charge in [-0.05, 0) is 42.7 Å². The standard InChI is InChI=1S/C22H22ClNO/c23-19-13-11-18(12-14-19)22-24-21(17-9-5-2-6-10-17)20(25-22)15-16-7-3-1-4-8-16/h1,3-4,7-8,11-14,17H,2,5-6,9-10,15H2. The van der Waals surface area contributed by atoms with Gasteiger partial charge in [0.1, 0.15) is 5.76 Å². The molecule has 1 saturated carbocycles. The lowest BCUT2D eigenvalue weighted by Gasteiger charge is -2.20. The molecule has 0 N–H and O–H groups in total. The third-order valence-corrected chi connectivity index (χ3v) is 5.27. The summed E-state index contributed by atoms with van der Waals surface area (Å²) in [4.78, 5) is 4.92. The Morgan fingerprint density at radius 3 is 2.36 bits per heavy atom. The number of hydrogen-bond donors (Lipinski definition) is 0. The Balaban J connectivity index is 1.70.